The fraction of sp³-hybridized carbons (Fsp3) is 0.227. The molecule has 1 amide bonds. The molecule has 0 saturated heterocycles. The third-order valence-corrected chi connectivity index (χ3v) is 4.37. The van der Waals surface area contributed by atoms with Crippen molar-refractivity contribution in [2.75, 3.05) is 20.6 Å². The average Bonchev–Trinajstić information content (AvgIpc) is 3.00. The molecule has 1 aromatic heterocycles. The largest absolute Gasteiger partial charge is 0.493 e. The van der Waals surface area contributed by atoms with E-state index in [9.17, 15) is 14.3 Å². The van der Waals surface area contributed by atoms with Crippen LogP contribution in [0.5, 0.6) is 5.88 Å². The molecule has 3 rings (SSSR count). The summed E-state index contributed by atoms with van der Waals surface area (Å²) in [5, 5.41) is 18.5. The Balaban J connectivity index is 1.86. The van der Waals surface area contributed by atoms with Gasteiger partial charge >= 0.3 is 0 Å². The second-order valence-corrected chi connectivity index (χ2v) is 6.93. The van der Waals surface area contributed by atoms with Gasteiger partial charge in [0.1, 0.15) is 5.82 Å². The molecular formula is C22H21FN4O2. The molecule has 1 heterocycles. The number of hydrogen-bond acceptors (Lipinski definition) is 4. The summed E-state index contributed by atoms with van der Waals surface area (Å²) >= 11 is 0. The van der Waals surface area contributed by atoms with Crippen LogP contribution in [-0.2, 0) is 4.79 Å². The Morgan fingerprint density at radius 3 is 2.66 bits per heavy atom. The summed E-state index contributed by atoms with van der Waals surface area (Å²) in [6.07, 6.45) is 0. The van der Waals surface area contributed by atoms with Gasteiger partial charge in [-0.2, -0.15) is 0 Å². The maximum Gasteiger partial charge on any atom is 0.271 e. The molecule has 0 aliphatic carbocycles. The molecule has 2 N–H and O–H groups in total. The second kappa shape index (κ2) is 8.67. The lowest BCUT2D eigenvalue weighted by Gasteiger charge is -2.06. The minimum Gasteiger partial charge on any atom is -0.493 e. The molecule has 2 aromatic carbocycles. The van der Waals surface area contributed by atoms with Gasteiger partial charge in [-0.3, -0.25) is 9.69 Å². The summed E-state index contributed by atoms with van der Waals surface area (Å²) in [6, 6.07) is 11.1. The minimum absolute atomic E-state index is 0.176. The van der Waals surface area contributed by atoms with Crippen molar-refractivity contribution in [2.45, 2.75) is 12.8 Å². The normalized spacial score (nSPS) is 12.3. The minimum atomic E-state index is -0.584. The Hall–Kier alpha value is -3.50. The second-order valence-electron chi connectivity index (χ2n) is 6.93. The van der Waals surface area contributed by atoms with Crippen molar-refractivity contribution in [2.24, 2.45) is 10.2 Å². The molecule has 0 aliphatic heterocycles. The number of aromatic nitrogens is 1. The molecule has 1 atom stereocenters. The Labute approximate surface area is 168 Å². The Kier molecular flexibility index (Phi) is 6.05. The van der Waals surface area contributed by atoms with Crippen molar-refractivity contribution in [3.8, 4) is 17.7 Å². The summed E-state index contributed by atoms with van der Waals surface area (Å²) in [5.41, 5.74) is 2.24. The number of benzene rings is 2. The zero-order chi connectivity index (χ0) is 21.0. The van der Waals surface area contributed by atoms with Gasteiger partial charge in [-0.05, 0) is 56.9 Å². The molecule has 3 aromatic rings. The molecular weight excluding hydrogens is 371 g/mol. The van der Waals surface area contributed by atoms with E-state index in [1.165, 1.54) is 24.3 Å². The monoisotopic (exact) mass is 392 g/mol. The highest BCUT2D eigenvalue weighted by Gasteiger charge is 2.16. The Bertz CT molecular complexity index is 1120. The third-order valence-electron chi connectivity index (χ3n) is 4.37. The summed E-state index contributed by atoms with van der Waals surface area (Å²) in [7, 11) is 3.87. The van der Waals surface area contributed by atoms with Crippen LogP contribution in [-0.4, -0.2) is 41.5 Å². The van der Waals surface area contributed by atoms with Gasteiger partial charge in [0.15, 0.2) is 5.69 Å². The van der Waals surface area contributed by atoms with Crippen LogP contribution < -0.4 is 0 Å². The first kappa shape index (κ1) is 20.2. The van der Waals surface area contributed by atoms with E-state index >= 15 is 0 Å². The van der Waals surface area contributed by atoms with E-state index in [1.54, 1.807) is 19.1 Å². The van der Waals surface area contributed by atoms with E-state index in [4.69, 9.17) is 0 Å². The highest BCUT2D eigenvalue weighted by molar-refractivity contribution is 5.95. The molecule has 0 bridgehead atoms. The standard InChI is InChI=1S/C22H21FN4O2/c1-14(16-7-9-17(23)10-8-16)21(28)26-25-20-18-13-15(5-4-12-27(2)3)6-11-19(18)24-22(20)29/h6-11,13-14,24,29H,12H2,1-3H3. The molecule has 29 heavy (non-hydrogen) atoms. The summed E-state index contributed by atoms with van der Waals surface area (Å²) in [4.78, 5) is 17.1. The van der Waals surface area contributed by atoms with Crippen molar-refractivity contribution in [3.05, 3.63) is 59.4 Å². The lowest BCUT2D eigenvalue weighted by atomic mass is 10.0. The molecule has 0 spiro atoms. The van der Waals surface area contributed by atoms with Gasteiger partial charge in [-0.25, -0.2) is 4.39 Å². The number of carbonyl (C=O) groups is 1. The number of nitrogens with one attached hydrogen (secondary N) is 1. The first-order valence-electron chi connectivity index (χ1n) is 9.04. The topological polar surface area (TPSA) is 81.0 Å². The van der Waals surface area contributed by atoms with E-state index in [0.717, 1.165) is 5.56 Å². The number of halogens is 1. The van der Waals surface area contributed by atoms with Gasteiger partial charge in [-0.1, -0.05) is 24.0 Å². The Morgan fingerprint density at radius 1 is 1.24 bits per heavy atom. The van der Waals surface area contributed by atoms with Crippen LogP contribution in [0.4, 0.5) is 10.1 Å². The van der Waals surface area contributed by atoms with Gasteiger partial charge in [0.05, 0.1) is 18.0 Å². The van der Waals surface area contributed by atoms with Crippen LogP contribution in [0.2, 0.25) is 0 Å². The third kappa shape index (κ3) is 4.86. The number of H-pyrrole nitrogens is 1. The quantitative estimate of drug-likeness (QED) is 0.512. The number of hydrogen-bond donors (Lipinski definition) is 2. The zero-order valence-electron chi connectivity index (χ0n) is 16.4. The predicted molar refractivity (Wildman–Crippen MR) is 110 cm³/mol. The van der Waals surface area contributed by atoms with Crippen molar-refractivity contribution in [1.82, 2.24) is 9.88 Å². The van der Waals surface area contributed by atoms with E-state index in [1.807, 2.05) is 25.1 Å². The number of amides is 1. The van der Waals surface area contributed by atoms with Crippen molar-refractivity contribution in [1.29, 1.82) is 0 Å². The summed E-state index contributed by atoms with van der Waals surface area (Å²) in [5.74, 6) is 4.48. The number of rotatable bonds is 4. The number of azo groups is 1. The molecule has 6 nitrogen and oxygen atoms in total. The molecule has 0 saturated carbocycles. The van der Waals surface area contributed by atoms with Crippen molar-refractivity contribution in [3.63, 3.8) is 0 Å². The van der Waals surface area contributed by atoms with E-state index in [2.05, 4.69) is 27.1 Å². The summed E-state index contributed by atoms with van der Waals surface area (Å²) in [6.45, 7) is 2.29. The highest BCUT2D eigenvalue weighted by Crippen LogP contribution is 2.36. The first-order chi connectivity index (χ1) is 13.8. The van der Waals surface area contributed by atoms with Gasteiger partial charge in [0.25, 0.3) is 5.91 Å². The lowest BCUT2D eigenvalue weighted by molar-refractivity contribution is -0.119. The van der Waals surface area contributed by atoms with Crippen LogP contribution in [0.1, 0.15) is 24.0 Å². The van der Waals surface area contributed by atoms with Crippen LogP contribution >= 0.6 is 0 Å². The lowest BCUT2D eigenvalue weighted by Crippen LogP contribution is -2.10. The highest BCUT2D eigenvalue weighted by atomic mass is 19.1. The molecule has 7 heteroatoms. The average molecular weight is 392 g/mol. The maximum absolute atomic E-state index is 13.1. The van der Waals surface area contributed by atoms with E-state index in [0.29, 0.717) is 23.0 Å². The van der Waals surface area contributed by atoms with Gasteiger partial charge in [-0.15, -0.1) is 10.2 Å². The number of aromatic hydroxyl groups is 1. The number of aromatic amines is 1. The molecule has 0 aliphatic rings. The SMILES string of the molecule is CC(C(=O)N=Nc1c(O)[nH]c2ccc(C#CCN(C)C)cc12)c1ccc(F)cc1. The maximum atomic E-state index is 13.1. The smallest absolute Gasteiger partial charge is 0.271 e. The summed E-state index contributed by atoms with van der Waals surface area (Å²) < 4.78 is 13.1. The Morgan fingerprint density at radius 2 is 1.97 bits per heavy atom. The number of fused-ring (bicyclic) bond motifs is 1. The van der Waals surface area contributed by atoms with Crippen LogP contribution in [0, 0.1) is 17.7 Å². The van der Waals surface area contributed by atoms with E-state index < -0.39 is 11.8 Å². The predicted octanol–water partition coefficient (Wildman–Crippen LogP) is 4.34. The van der Waals surface area contributed by atoms with Crippen LogP contribution in [0.15, 0.2) is 52.7 Å². The van der Waals surface area contributed by atoms with Crippen LogP contribution in [0.25, 0.3) is 10.9 Å². The molecule has 0 fully saturated rings. The number of nitrogens with zero attached hydrogens (tertiary/aromatic N) is 3. The zero-order valence-corrected chi connectivity index (χ0v) is 16.4. The van der Waals surface area contributed by atoms with Crippen molar-refractivity contribution >= 4 is 22.5 Å². The number of carbonyl (C=O) groups excluding carboxylic acids is 1. The molecule has 148 valence electrons. The van der Waals surface area contributed by atoms with Crippen molar-refractivity contribution < 1.29 is 14.3 Å². The van der Waals surface area contributed by atoms with Gasteiger partial charge < -0.3 is 10.1 Å². The molecule has 0 radical (unpaired) electrons. The van der Waals surface area contributed by atoms with E-state index in [-0.39, 0.29) is 17.4 Å². The molecule has 1 unspecified atom stereocenters. The fourth-order valence-electron chi connectivity index (χ4n) is 2.72. The first-order valence-corrected chi connectivity index (χ1v) is 9.04. The van der Waals surface area contributed by atoms with Gasteiger partial charge in [0.2, 0.25) is 5.88 Å². The van der Waals surface area contributed by atoms with Gasteiger partial charge in [0, 0.05) is 10.9 Å². The fourth-order valence-corrected chi connectivity index (χ4v) is 2.72. The van der Waals surface area contributed by atoms with Crippen LogP contribution in [0.3, 0.4) is 0 Å².